The van der Waals surface area contributed by atoms with E-state index in [0.29, 0.717) is 0 Å². The van der Waals surface area contributed by atoms with Gasteiger partial charge in [0.15, 0.2) is 5.78 Å². The van der Waals surface area contributed by atoms with Gasteiger partial charge in [-0.1, -0.05) is 30.9 Å². The molecule has 0 atom stereocenters. The van der Waals surface area contributed by atoms with Gasteiger partial charge in [0.2, 0.25) is 0 Å². The zero-order valence-corrected chi connectivity index (χ0v) is 14.9. The first-order valence-electron chi connectivity index (χ1n) is 7.67. The first kappa shape index (κ1) is 20.7. The molecule has 1 aromatic heterocycles. The summed E-state index contributed by atoms with van der Waals surface area (Å²) in [6.45, 7) is 4.61. The number of carbonyl (C=O) groups is 1. The highest BCUT2D eigenvalue weighted by Crippen LogP contribution is 2.33. The van der Waals surface area contributed by atoms with Crippen molar-refractivity contribution < 1.29 is 26.7 Å². The summed E-state index contributed by atoms with van der Waals surface area (Å²) in [6.07, 6.45) is -3.22. The highest BCUT2D eigenvalue weighted by Gasteiger charge is 2.34. The molecule has 2 aromatic rings. The van der Waals surface area contributed by atoms with Crippen molar-refractivity contribution in [3.05, 3.63) is 81.9 Å². The fourth-order valence-electron chi connectivity index (χ4n) is 2.32. The summed E-state index contributed by atoms with van der Waals surface area (Å²) in [5.74, 6) is -2.58. The predicted octanol–water partition coefficient (Wildman–Crippen LogP) is 6.33. The van der Waals surface area contributed by atoms with Crippen molar-refractivity contribution in [1.29, 1.82) is 0 Å². The van der Waals surface area contributed by atoms with Crippen LogP contribution in [0, 0.1) is 0 Å². The van der Waals surface area contributed by atoms with Crippen LogP contribution in [0.4, 0.5) is 22.0 Å². The number of thiazole rings is 1. The number of alkyl halides is 3. The molecule has 0 saturated carbocycles. The van der Waals surface area contributed by atoms with Crippen LogP contribution >= 0.6 is 11.3 Å². The summed E-state index contributed by atoms with van der Waals surface area (Å²) < 4.78 is 67.0. The third kappa shape index (κ3) is 4.77. The van der Waals surface area contributed by atoms with Crippen LogP contribution in [0.25, 0.3) is 5.57 Å². The minimum absolute atomic E-state index is 0.0556. The zero-order chi connectivity index (χ0) is 20.2. The standard InChI is InChI=1S/C19H14F5NOS/c1-3-13(20)18(14(21)4-2)15-10-27-17(25-15)9-16(26)11-7-5-6-8-12(11)19(22,23)24/h3-8,10H,1,9H2,2H3/b14-4+,18-13-. The fourth-order valence-corrected chi connectivity index (χ4v) is 3.10. The molecule has 0 N–H and O–H groups in total. The van der Waals surface area contributed by atoms with E-state index in [2.05, 4.69) is 11.6 Å². The van der Waals surface area contributed by atoms with E-state index in [1.165, 1.54) is 24.4 Å². The molecule has 142 valence electrons. The number of aromatic nitrogens is 1. The summed E-state index contributed by atoms with van der Waals surface area (Å²) >= 11 is 0.928. The average Bonchev–Trinajstić information content (AvgIpc) is 3.08. The van der Waals surface area contributed by atoms with Gasteiger partial charge in [-0.25, -0.2) is 13.8 Å². The van der Waals surface area contributed by atoms with Crippen molar-refractivity contribution in [2.75, 3.05) is 0 Å². The van der Waals surface area contributed by atoms with Crippen LogP contribution in [-0.4, -0.2) is 10.8 Å². The Morgan fingerprint density at radius 1 is 1.26 bits per heavy atom. The van der Waals surface area contributed by atoms with Gasteiger partial charge in [-0.05, 0) is 19.1 Å². The lowest BCUT2D eigenvalue weighted by Crippen LogP contribution is -2.14. The Kier molecular flexibility index (Phi) is 6.43. The molecule has 2 rings (SSSR count). The molecule has 0 spiro atoms. The van der Waals surface area contributed by atoms with Gasteiger partial charge in [0.25, 0.3) is 0 Å². The van der Waals surface area contributed by atoms with Crippen LogP contribution in [0.5, 0.6) is 0 Å². The van der Waals surface area contributed by atoms with Crippen molar-refractivity contribution in [3.63, 3.8) is 0 Å². The zero-order valence-electron chi connectivity index (χ0n) is 14.1. The smallest absolute Gasteiger partial charge is 0.294 e. The highest BCUT2D eigenvalue weighted by atomic mass is 32.1. The fraction of sp³-hybridized carbons (Fsp3) is 0.158. The molecule has 2 nitrogen and oxygen atoms in total. The molecule has 1 aromatic carbocycles. The van der Waals surface area contributed by atoms with Crippen molar-refractivity contribution >= 4 is 22.7 Å². The Labute approximate surface area is 156 Å². The van der Waals surface area contributed by atoms with Gasteiger partial charge in [-0.3, -0.25) is 4.79 Å². The van der Waals surface area contributed by atoms with Crippen molar-refractivity contribution in [3.8, 4) is 0 Å². The van der Waals surface area contributed by atoms with E-state index in [4.69, 9.17) is 0 Å². The van der Waals surface area contributed by atoms with Gasteiger partial charge in [-0.15, -0.1) is 11.3 Å². The Bertz CT molecular complexity index is 924. The van der Waals surface area contributed by atoms with Crippen LogP contribution in [0.15, 0.2) is 60.0 Å². The molecule has 27 heavy (non-hydrogen) atoms. The Hall–Kier alpha value is -2.61. The predicted molar refractivity (Wildman–Crippen MR) is 94.7 cm³/mol. The monoisotopic (exact) mass is 399 g/mol. The van der Waals surface area contributed by atoms with Crippen LogP contribution in [0.2, 0.25) is 0 Å². The van der Waals surface area contributed by atoms with Gasteiger partial charge < -0.3 is 0 Å². The number of benzene rings is 1. The molecule has 0 bridgehead atoms. The maximum absolute atomic E-state index is 13.9. The van der Waals surface area contributed by atoms with E-state index in [1.807, 2.05) is 0 Å². The number of nitrogens with zero attached hydrogens (tertiary/aromatic N) is 1. The molecule has 1 heterocycles. The summed E-state index contributed by atoms with van der Waals surface area (Å²) in [7, 11) is 0. The number of hydrogen-bond donors (Lipinski definition) is 0. The lowest BCUT2D eigenvalue weighted by atomic mass is 10.0. The van der Waals surface area contributed by atoms with E-state index < -0.39 is 46.7 Å². The summed E-state index contributed by atoms with van der Waals surface area (Å²) in [4.78, 5) is 16.3. The summed E-state index contributed by atoms with van der Waals surface area (Å²) in [6, 6.07) is 4.43. The van der Waals surface area contributed by atoms with Gasteiger partial charge in [0, 0.05) is 10.9 Å². The minimum Gasteiger partial charge on any atom is -0.294 e. The molecule has 0 unspecified atom stereocenters. The number of ketones is 1. The second kappa shape index (κ2) is 8.39. The van der Waals surface area contributed by atoms with E-state index in [0.717, 1.165) is 35.6 Å². The molecule has 0 aliphatic carbocycles. The van der Waals surface area contributed by atoms with Crippen LogP contribution < -0.4 is 0 Å². The number of allylic oxidation sites excluding steroid dienone is 5. The Morgan fingerprint density at radius 3 is 2.52 bits per heavy atom. The van der Waals surface area contributed by atoms with E-state index in [1.54, 1.807) is 0 Å². The first-order valence-corrected chi connectivity index (χ1v) is 8.55. The maximum Gasteiger partial charge on any atom is 0.417 e. The minimum atomic E-state index is -4.67. The highest BCUT2D eigenvalue weighted by molar-refractivity contribution is 7.09. The van der Waals surface area contributed by atoms with E-state index in [-0.39, 0.29) is 10.7 Å². The molecule has 0 fully saturated rings. The molecule has 0 aliphatic rings. The molecule has 0 aliphatic heterocycles. The van der Waals surface area contributed by atoms with Gasteiger partial charge >= 0.3 is 6.18 Å². The van der Waals surface area contributed by atoms with Crippen molar-refractivity contribution in [1.82, 2.24) is 4.98 Å². The van der Waals surface area contributed by atoms with Gasteiger partial charge in [0.1, 0.15) is 16.7 Å². The lowest BCUT2D eigenvalue weighted by Gasteiger charge is -2.11. The Morgan fingerprint density at radius 2 is 1.93 bits per heavy atom. The normalized spacial score (nSPS) is 13.3. The maximum atomic E-state index is 13.9. The van der Waals surface area contributed by atoms with Crippen LogP contribution in [-0.2, 0) is 12.6 Å². The van der Waals surface area contributed by atoms with Gasteiger partial charge in [0.05, 0.1) is 23.3 Å². The number of Topliss-reactive ketones (excluding diaryl/α,β-unsaturated/α-hetero) is 1. The van der Waals surface area contributed by atoms with Crippen molar-refractivity contribution in [2.24, 2.45) is 0 Å². The summed E-state index contributed by atoms with van der Waals surface area (Å²) in [5.41, 5.74) is -1.99. The average molecular weight is 399 g/mol. The first-order chi connectivity index (χ1) is 12.7. The number of rotatable bonds is 6. The number of hydrogen-bond acceptors (Lipinski definition) is 3. The van der Waals surface area contributed by atoms with Gasteiger partial charge in [-0.2, -0.15) is 13.2 Å². The summed E-state index contributed by atoms with van der Waals surface area (Å²) in [5, 5.41) is 1.48. The van der Waals surface area contributed by atoms with E-state index >= 15 is 0 Å². The number of carbonyl (C=O) groups excluding carboxylic acids is 1. The second-order valence-corrected chi connectivity index (χ2v) is 6.28. The molecular weight excluding hydrogens is 385 g/mol. The molecular formula is C19H14F5NOS. The van der Waals surface area contributed by atoms with Crippen LogP contribution in [0.3, 0.4) is 0 Å². The lowest BCUT2D eigenvalue weighted by molar-refractivity contribution is -0.137. The molecule has 0 amide bonds. The van der Waals surface area contributed by atoms with Crippen LogP contribution in [0.1, 0.15) is 33.5 Å². The largest absolute Gasteiger partial charge is 0.417 e. The third-order valence-corrected chi connectivity index (χ3v) is 4.41. The topological polar surface area (TPSA) is 30.0 Å². The number of halogens is 5. The third-order valence-electron chi connectivity index (χ3n) is 3.56. The second-order valence-electron chi connectivity index (χ2n) is 5.33. The van der Waals surface area contributed by atoms with Crippen molar-refractivity contribution in [2.45, 2.75) is 19.5 Å². The van der Waals surface area contributed by atoms with E-state index in [9.17, 15) is 26.7 Å². The quantitative estimate of drug-likeness (QED) is 0.323. The Balaban J connectivity index is 2.34. The molecule has 0 radical (unpaired) electrons. The SMILES string of the molecule is C=C/C(F)=C(\C(F)=C/C)c1csc(CC(=O)c2ccccc2C(F)(F)F)n1. The molecule has 0 saturated heterocycles. The molecule has 8 heteroatoms.